The van der Waals surface area contributed by atoms with Gasteiger partial charge in [-0.05, 0) is 12.8 Å². The molecule has 1 rings (SSSR count). The van der Waals surface area contributed by atoms with Crippen LogP contribution in [0.2, 0.25) is 0 Å². The van der Waals surface area contributed by atoms with Crippen molar-refractivity contribution in [1.82, 2.24) is 4.90 Å². The molecule has 0 spiro atoms. The Bertz CT molecular complexity index is 208. The second-order valence-electron chi connectivity index (χ2n) is 3.40. The number of rotatable bonds is 5. The van der Waals surface area contributed by atoms with Crippen LogP contribution in [0, 0.1) is 0 Å². The standard InChI is InChI=1S/C9H15F2NO3/c10-8(11)6-12(3-4-13)9(14)7-2-1-5-15-7/h7-8,13H,1-6H2/t7-/m0/s1. The molecule has 0 aromatic rings. The predicted octanol–water partition coefficient (Wildman–Crippen LogP) is 0.251. The first-order valence-electron chi connectivity index (χ1n) is 4.94. The molecule has 1 fully saturated rings. The van der Waals surface area contributed by atoms with Crippen LogP contribution in [0.1, 0.15) is 12.8 Å². The Hall–Kier alpha value is -0.750. The average molecular weight is 223 g/mol. The van der Waals surface area contributed by atoms with Crippen molar-refractivity contribution in [3.8, 4) is 0 Å². The zero-order valence-electron chi connectivity index (χ0n) is 8.36. The first-order valence-corrected chi connectivity index (χ1v) is 4.94. The molecule has 1 heterocycles. The summed E-state index contributed by atoms with van der Waals surface area (Å²) >= 11 is 0. The number of nitrogens with zero attached hydrogens (tertiary/aromatic N) is 1. The van der Waals surface area contributed by atoms with Crippen molar-refractivity contribution >= 4 is 5.91 Å². The summed E-state index contributed by atoms with van der Waals surface area (Å²) in [6.07, 6.45) is -1.83. The number of carbonyl (C=O) groups is 1. The lowest BCUT2D eigenvalue weighted by Gasteiger charge is -2.23. The SMILES string of the molecule is O=C([C@@H]1CCCO1)N(CCO)CC(F)F. The summed E-state index contributed by atoms with van der Waals surface area (Å²) in [5.74, 6) is -0.443. The van der Waals surface area contributed by atoms with Crippen LogP contribution in [0.4, 0.5) is 8.78 Å². The number of ether oxygens (including phenoxy) is 1. The lowest BCUT2D eigenvalue weighted by molar-refractivity contribution is -0.143. The van der Waals surface area contributed by atoms with Crippen LogP contribution in [0.25, 0.3) is 0 Å². The van der Waals surface area contributed by atoms with Crippen LogP contribution in [0.15, 0.2) is 0 Å². The number of amides is 1. The number of aliphatic hydroxyl groups is 1. The van der Waals surface area contributed by atoms with Gasteiger partial charge in [-0.15, -0.1) is 0 Å². The van der Waals surface area contributed by atoms with Gasteiger partial charge in [-0.1, -0.05) is 0 Å². The maximum absolute atomic E-state index is 12.1. The fraction of sp³-hybridized carbons (Fsp3) is 0.889. The van der Waals surface area contributed by atoms with Gasteiger partial charge >= 0.3 is 0 Å². The van der Waals surface area contributed by atoms with Gasteiger partial charge < -0.3 is 14.7 Å². The van der Waals surface area contributed by atoms with E-state index in [1.54, 1.807) is 0 Å². The Morgan fingerprint density at radius 2 is 2.33 bits per heavy atom. The van der Waals surface area contributed by atoms with Crippen molar-refractivity contribution in [3.05, 3.63) is 0 Å². The van der Waals surface area contributed by atoms with Crippen molar-refractivity contribution in [2.75, 3.05) is 26.3 Å². The molecule has 15 heavy (non-hydrogen) atoms. The summed E-state index contributed by atoms with van der Waals surface area (Å²) in [6, 6.07) is 0. The van der Waals surface area contributed by atoms with E-state index in [1.165, 1.54) is 0 Å². The van der Waals surface area contributed by atoms with Gasteiger partial charge in [0.05, 0.1) is 13.2 Å². The van der Waals surface area contributed by atoms with Crippen molar-refractivity contribution in [1.29, 1.82) is 0 Å². The molecule has 1 atom stereocenters. The third kappa shape index (κ3) is 3.71. The smallest absolute Gasteiger partial charge is 0.255 e. The number of hydrogen-bond donors (Lipinski definition) is 1. The highest BCUT2D eigenvalue weighted by Gasteiger charge is 2.29. The summed E-state index contributed by atoms with van der Waals surface area (Å²) in [5, 5.41) is 8.66. The van der Waals surface area contributed by atoms with E-state index in [2.05, 4.69) is 0 Å². The summed E-state index contributed by atoms with van der Waals surface area (Å²) in [5.41, 5.74) is 0. The molecule has 4 nitrogen and oxygen atoms in total. The fourth-order valence-electron chi connectivity index (χ4n) is 1.55. The van der Waals surface area contributed by atoms with Gasteiger partial charge in [0.1, 0.15) is 6.10 Å². The maximum Gasteiger partial charge on any atom is 0.255 e. The Morgan fingerprint density at radius 1 is 1.60 bits per heavy atom. The second-order valence-corrected chi connectivity index (χ2v) is 3.40. The van der Waals surface area contributed by atoms with E-state index < -0.39 is 25.0 Å². The van der Waals surface area contributed by atoms with Crippen molar-refractivity contribution < 1.29 is 23.4 Å². The molecular weight excluding hydrogens is 208 g/mol. The number of alkyl halides is 2. The van der Waals surface area contributed by atoms with E-state index in [-0.39, 0.29) is 13.2 Å². The molecule has 1 aliphatic rings. The number of aliphatic hydroxyl groups excluding tert-OH is 1. The van der Waals surface area contributed by atoms with Gasteiger partial charge in [-0.2, -0.15) is 0 Å². The van der Waals surface area contributed by atoms with E-state index in [1.807, 2.05) is 0 Å². The quantitative estimate of drug-likeness (QED) is 0.727. The largest absolute Gasteiger partial charge is 0.395 e. The highest BCUT2D eigenvalue weighted by atomic mass is 19.3. The molecular formula is C9H15F2NO3. The molecule has 0 aromatic heterocycles. The first-order chi connectivity index (χ1) is 7.15. The van der Waals surface area contributed by atoms with Crippen LogP contribution in [0.3, 0.4) is 0 Å². The monoisotopic (exact) mass is 223 g/mol. The Labute approximate surface area is 86.8 Å². The Morgan fingerprint density at radius 3 is 2.80 bits per heavy atom. The van der Waals surface area contributed by atoms with Crippen LogP contribution in [0.5, 0.6) is 0 Å². The fourth-order valence-corrected chi connectivity index (χ4v) is 1.55. The molecule has 0 unspecified atom stereocenters. The zero-order chi connectivity index (χ0) is 11.3. The Kier molecular flexibility index (Phi) is 4.90. The van der Waals surface area contributed by atoms with Crippen molar-refractivity contribution in [2.24, 2.45) is 0 Å². The lowest BCUT2D eigenvalue weighted by atomic mass is 10.2. The predicted molar refractivity (Wildman–Crippen MR) is 48.6 cm³/mol. The van der Waals surface area contributed by atoms with Crippen molar-refractivity contribution in [2.45, 2.75) is 25.4 Å². The molecule has 1 amide bonds. The van der Waals surface area contributed by atoms with E-state index in [9.17, 15) is 13.6 Å². The molecule has 0 aliphatic carbocycles. The molecule has 6 heteroatoms. The summed E-state index contributed by atoms with van der Waals surface area (Å²) < 4.78 is 29.4. The topological polar surface area (TPSA) is 49.8 Å². The number of halogens is 2. The van der Waals surface area contributed by atoms with Crippen molar-refractivity contribution in [3.63, 3.8) is 0 Å². The van der Waals surface area contributed by atoms with E-state index in [0.717, 1.165) is 11.3 Å². The second kappa shape index (κ2) is 5.97. The zero-order valence-corrected chi connectivity index (χ0v) is 8.36. The van der Waals surface area contributed by atoms with Crippen LogP contribution in [-0.2, 0) is 9.53 Å². The third-order valence-corrected chi connectivity index (χ3v) is 2.25. The van der Waals surface area contributed by atoms with Gasteiger partial charge in [0.15, 0.2) is 0 Å². The van der Waals surface area contributed by atoms with Gasteiger partial charge in [-0.3, -0.25) is 4.79 Å². The highest BCUT2D eigenvalue weighted by molar-refractivity contribution is 5.81. The summed E-state index contributed by atoms with van der Waals surface area (Å²) in [6.45, 7) is -0.522. The number of hydrogen-bond acceptors (Lipinski definition) is 3. The minimum Gasteiger partial charge on any atom is -0.395 e. The number of carbonyl (C=O) groups excluding carboxylic acids is 1. The van der Waals surface area contributed by atoms with Gasteiger partial charge in [0.25, 0.3) is 12.3 Å². The minimum atomic E-state index is -2.58. The van der Waals surface area contributed by atoms with Gasteiger partial charge in [-0.25, -0.2) is 8.78 Å². The molecule has 0 radical (unpaired) electrons. The molecule has 1 aliphatic heterocycles. The summed E-state index contributed by atoms with van der Waals surface area (Å²) in [7, 11) is 0. The molecule has 0 aromatic carbocycles. The van der Waals surface area contributed by atoms with E-state index in [4.69, 9.17) is 9.84 Å². The maximum atomic E-state index is 12.1. The molecule has 0 saturated carbocycles. The van der Waals surface area contributed by atoms with E-state index >= 15 is 0 Å². The molecule has 1 N–H and O–H groups in total. The molecule has 88 valence electrons. The van der Waals surface area contributed by atoms with Crippen LogP contribution in [-0.4, -0.2) is 54.7 Å². The lowest BCUT2D eigenvalue weighted by Crippen LogP contribution is -2.43. The molecule has 0 bridgehead atoms. The van der Waals surface area contributed by atoms with Crippen LogP contribution >= 0.6 is 0 Å². The van der Waals surface area contributed by atoms with E-state index in [0.29, 0.717) is 13.0 Å². The normalized spacial score (nSPS) is 20.9. The average Bonchev–Trinajstić information content (AvgIpc) is 2.68. The first kappa shape index (κ1) is 12.3. The third-order valence-electron chi connectivity index (χ3n) is 2.25. The Balaban J connectivity index is 2.49. The van der Waals surface area contributed by atoms with Crippen LogP contribution < -0.4 is 0 Å². The van der Waals surface area contributed by atoms with Gasteiger partial charge in [0, 0.05) is 13.2 Å². The van der Waals surface area contributed by atoms with Gasteiger partial charge in [0.2, 0.25) is 0 Å². The minimum absolute atomic E-state index is 0.0664. The molecule has 1 saturated heterocycles. The highest BCUT2D eigenvalue weighted by Crippen LogP contribution is 2.15. The summed E-state index contributed by atoms with van der Waals surface area (Å²) in [4.78, 5) is 12.6.